The van der Waals surface area contributed by atoms with Crippen LogP contribution in [0.4, 0.5) is 11.4 Å². The second-order valence-electron chi connectivity index (χ2n) is 4.13. The molecule has 1 atom stereocenters. The van der Waals surface area contributed by atoms with E-state index in [4.69, 9.17) is 23.1 Å². The third-order valence-corrected chi connectivity index (χ3v) is 2.71. The number of amides is 1. The number of carbonyl (C=O) groups is 2. The summed E-state index contributed by atoms with van der Waals surface area (Å²) in [7, 11) is 1.26. The van der Waals surface area contributed by atoms with Gasteiger partial charge in [0.05, 0.1) is 23.4 Å². The van der Waals surface area contributed by atoms with Gasteiger partial charge < -0.3 is 21.5 Å². The number of nitrogen functional groups attached to an aromatic ring is 1. The number of halogens is 1. The van der Waals surface area contributed by atoms with Crippen molar-refractivity contribution in [3.05, 3.63) is 22.7 Å². The first kappa shape index (κ1) is 15.1. The largest absolute Gasteiger partial charge is 0.465 e. The summed E-state index contributed by atoms with van der Waals surface area (Å²) in [5.41, 5.74) is 11.7. The zero-order valence-corrected chi connectivity index (χ0v) is 11.5. The minimum absolute atomic E-state index is 0.112. The molecule has 1 amide bonds. The van der Waals surface area contributed by atoms with Crippen molar-refractivity contribution < 1.29 is 14.3 Å². The Balaban J connectivity index is 3.10. The van der Waals surface area contributed by atoms with Crippen molar-refractivity contribution in [2.24, 2.45) is 5.73 Å². The van der Waals surface area contributed by atoms with E-state index in [0.29, 0.717) is 11.4 Å². The molecular weight excluding hydrogens is 270 g/mol. The number of benzene rings is 1. The molecule has 0 spiro atoms. The van der Waals surface area contributed by atoms with Crippen molar-refractivity contribution in [2.45, 2.75) is 19.4 Å². The number of primary amides is 1. The lowest BCUT2D eigenvalue weighted by molar-refractivity contribution is -0.118. The standard InChI is InChI=1S/C12H16ClN3O3/c1-6(3-10(15)17)16-11-8(12(18)19-2)4-7(14)5-9(11)13/h4-6,16H,3,14H2,1-2H3,(H2,15,17). The number of nitrogens with two attached hydrogens (primary N) is 2. The van der Waals surface area contributed by atoms with Crippen LogP contribution in [0.2, 0.25) is 5.02 Å². The SMILES string of the molecule is COC(=O)c1cc(N)cc(Cl)c1NC(C)CC(N)=O. The van der Waals surface area contributed by atoms with Crippen LogP contribution in [-0.2, 0) is 9.53 Å². The van der Waals surface area contributed by atoms with Crippen LogP contribution in [0.1, 0.15) is 23.7 Å². The van der Waals surface area contributed by atoms with Crippen LogP contribution in [0.5, 0.6) is 0 Å². The van der Waals surface area contributed by atoms with E-state index in [9.17, 15) is 9.59 Å². The number of hydrogen-bond acceptors (Lipinski definition) is 5. The topological polar surface area (TPSA) is 107 Å². The van der Waals surface area contributed by atoms with E-state index in [-0.39, 0.29) is 23.0 Å². The number of nitrogens with one attached hydrogen (secondary N) is 1. The summed E-state index contributed by atoms with van der Waals surface area (Å²) in [6, 6.07) is 2.69. The number of methoxy groups -OCH3 is 1. The van der Waals surface area contributed by atoms with E-state index in [0.717, 1.165) is 0 Å². The van der Waals surface area contributed by atoms with Crippen molar-refractivity contribution in [3.8, 4) is 0 Å². The molecule has 0 bridgehead atoms. The highest BCUT2D eigenvalue weighted by Gasteiger charge is 2.18. The van der Waals surface area contributed by atoms with Gasteiger partial charge in [0.1, 0.15) is 0 Å². The van der Waals surface area contributed by atoms with Gasteiger partial charge in [-0.1, -0.05) is 11.6 Å². The summed E-state index contributed by atoms with van der Waals surface area (Å²) >= 11 is 6.05. The van der Waals surface area contributed by atoms with E-state index in [1.165, 1.54) is 19.2 Å². The van der Waals surface area contributed by atoms with Crippen molar-refractivity contribution in [3.63, 3.8) is 0 Å². The number of ether oxygens (including phenoxy) is 1. The normalized spacial score (nSPS) is 11.7. The molecule has 0 aromatic heterocycles. The van der Waals surface area contributed by atoms with Gasteiger partial charge in [-0.05, 0) is 19.1 Å². The van der Waals surface area contributed by atoms with Gasteiger partial charge in [0.25, 0.3) is 0 Å². The molecule has 1 aromatic rings. The van der Waals surface area contributed by atoms with Crippen LogP contribution in [0.15, 0.2) is 12.1 Å². The third kappa shape index (κ3) is 4.03. The lowest BCUT2D eigenvalue weighted by Crippen LogP contribution is -2.25. The zero-order valence-electron chi connectivity index (χ0n) is 10.7. The van der Waals surface area contributed by atoms with Gasteiger partial charge in [0.2, 0.25) is 5.91 Å². The molecule has 0 aliphatic rings. The molecule has 0 fully saturated rings. The monoisotopic (exact) mass is 285 g/mol. The fourth-order valence-corrected chi connectivity index (χ4v) is 1.93. The Labute approximate surface area is 116 Å². The predicted molar refractivity (Wildman–Crippen MR) is 74.1 cm³/mol. The fourth-order valence-electron chi connectivity index (χ4n) is 1.64. The quantitative estimate of drug-likeness (QED) is 0.559. The van der Waals surface area contributed by atoms with Crippen molar-refractivity contribution in [2.75, 3.05) is 18.2 Å². The lowest BCUT2D eigenvalue weighted by atomic mass is 10.1. The molecule has 1 rings (SSSR count). The van der Waals surface area contributed by atoms with Crippen LogP contribution in [0, 0.1) is 0 Å². The molecule has 104 valence electrons. The second kappa shape index (κ2) is 6.29. The fraction of sp³-hybridized carbons (Fsp3) is 0.333. The first-order valence-electron chi connectivity index (χ1n) is 5.57. The van der Waals surface area contributed by atoms with E-state index in [1.807, 2.05) is 0 Å². The molecule has 0 saturated heterocycles. The molecule has 5 N–H and O–H groups in total. The Bertz CT molecular complexity index is 505. The molecule has 0 aliphatic carbocycles. The number of hydrogen-bond donors (Lipinski definition) is 3. The number of carbonyl (C=O) groups excluding carboxylic acids is 2. The molecule has 6 nitrogen and oxygen atoms in total. The van der Waals surface area contributed by atoms with Crippen LogP contribution in [0.3, 0.4) is 0 Å². The van der Waals surface area contributed by atoms with Gasteiger partial charge in [0, 0.05) is 18.2 Å². The van der Waals surface area contributed by atoms with Crippen molar-refractivity contribution in [1.82, 2.24) is 0 Å². The van der Waals surface area contributed by atoms with Gasteiger partial charge in [0.15, 0.2) is 0 Å². The van der Waals surface area contributed by atoms with E-state index >= 15 is 0 Å². The second-order valence-corrected chi connectivity index (χ2v) is 4.54. The maximum absolute atomic E-state index is 11.7. The Kier molecular flexibility index (Phi) is 5.00. The maximum Gasteiger partial charge on any atom is 0.340 e. The first-order chi connectivity index (χ1) is 8.85. The van der Waals surface area contributed by atoms with E-state index < -0.39 is 11.9 Å². The first-order valence-corrected chi connectivity index (χ1v) is 5.95. The molecule has 1 aromatic carbocycles. The predicted octanol–water partition coefficient (Wildman–Crippen LogP) is 1.38. The minimum Gasteiger partial charge on any atom is -0.465 e. The lowest BCUT2D eigenvalue weighted by Gasteiger charge is -2.18. The Morgan fingerprint density at radius 3 is 2.63 bits per heavy atom. The van der Waals surface area contributed by atoms with Crippen LogP contribution < -0.4 is 16.8 Å². The third-order valence-electron chi connectivity index (χ3n) is 2.42. The minimum atomic E-state index is -0.567. The highest BCUT2D eigenvalue weighted by atomic mass is 35.5. The summed E-state index contributed by atoms with van der Waals surface area (Å²) in [5.74, 6) is -1.02. The van der Waals surface area contributed by atoms with Crippen molar-refractivity contribution >= 4 is 34.9 Å². The highest BCUT2D eigenvalue weighted by Crippen LogP contribution is 2.30. The summed E-state index contributed by atoms with van der Waals surface area (Å²) in [5, 5.41) is 3.24. The summed E-state index contributed by atoms with van der Waals surface area (Å²) in [4.78, 5) is 22.5. The van der Waals surface area contributed by atoms with Gasteiger partial charge in [-0.25, -0.2) is 4.79 Å². The molecule has 0 heterocycles. The van der Waals surface area contributed by atoms with Crippen LogP contribution in [-0.4, -0.2) is 25.0 Å². The van der Waals surface area contributed by atoms with Gasteiger partial charge >= 0.3 is 5.97 Å². The smallest absolute Gasteiger partial charge is 0.340 e. The van der Waals surface area contributed by atoms with Gasteiger partial charge in [-0.3, -0.25) is 4.79 Å². The van der Waals surface area contributed by atoms with Gasteiger partial charge in [-0.2, -0.15) is 0 Å². The number of esters is 1. The van der Waals surface area contributed by atoms with Crippen LogP contribution >= 0.6 is 11.6 Å². The molecule has 19 heavy (non-hydrogen) atoms. The Morgan fingerprint density at radius 1 is 1.47 bits per heavy atom. The maximum atomic E-state index is 11.7. The van der Waals surface area contributed by atoms with E-state index in [2.05, 4.69) is 10.1 Å². The van der Waals surface area contributed by atoms with Crippen molar-refractivity contribution in [1.29, 1.82) is 0 Å². The van der Waals surface area contributed by atoms with E-state index in [1.54, 1.807) is 6.92 Å². The van der Waals surface area contributed by atoms with Crippen LogP contribution in [0.25, 0.3) is 0 Å². The average Bonchev–Trinajstić information content (AvgIpc) is 2.30. The average molecular weight is 286 g/mol. The Morgan fingerprint density at radius 2 is 2.11 bits per heavy atom. The molecule has 0 radical (unpaired) electrons. The molecular formula is C12H16ClN3O3. The summed E-state index contributed by atoms with van der Waals surface area (Å²) in [6.45, 7) is 1.75. The molecule has 7 heteroatoms. The number of anilines is 2. The highest BCUT2D eigenvalue weighted by molar-refractivity contribution is 6.34. The van der Waals surface area contributed by atoms with Gasteiger partial charge in [-0.15, -0.1) is 0 Å². The number of rotatable bonds is 5. The summed E-state index contributed by atoms with van der Waals surface area (Å²) < 4.78 is 4.66. The zero-order chi connectivity index (χ0) is 14.6. The molecule has 0 saturated carbocycles. The molecule has 0 aliphatic heterocycles. The Hall–Kier alpha value is -1.95. The molecule has 1 unspecified atom stereocenters. The summed E-state index contributed by atoms with van der Waals surface area (Å²) in [6.07, 6.45) is 0.112.